The predicted octanol–water partition coefficient (Wildman–Crippen LogP) is 2.20. The van der Waals surface area contributed by atoms with Gasteiger partial charge in [0.15, 0.2) is 0 Å². The van der Waals surface area contributed by atoms with Crippen LogP contribution in [0.25, 0.3) is 11.0 Å². The van der Waals surface area contributed by atoms with Crippen molar-refractivity contribution in [1.82, 2.24) is 14.9 Å². The molecule has 0 saturated carbocycles. The summed E-state index contributed by atoms with van der Waals surface area (Å²) in [6.07, 6.45) is 0. The molecule has 0 radical (unpaired) electrons. The predicted molar refractivity (Wildman–Crippen MR) is 108 cm³/mol. The van der Waals surface area contributed by atoms with Crippen LogP contribution in [-0.2, 0) is 4.79 Å². The number of methoxy groups -OCH3 is 1. The van der Waals surface area contributed by atoms with Crippen LogP contribution in [0.1, 0.15) is 6.92 Å². The van der Waals surface area contributed by atoms with Crippen molar-refractivity contribution < 1.29 is 14.3 Å². The van der Waals surface area contributed by atoms with Gasteiger partial charge in [0.1, 0.15) is 18.1 Å². The molecule has 3 rings (SSSR count). The maximum absolute atomic E-state index is 12.5. The lowest BCUT2D eigenvalue weighted by atomic mass is 10.2. The van der Waals surface area contributed by atoms with Crippen LogP contribution in [-0.4, -0.2) is 54.1 Å². The van der Waals surface area contributed by atoms with E-state index in [-0.39, 0.29) is 17.6 Å². The number of aromatic nitrogens is 2. The quantitative estimate of drug-likeness (QED) is 0.553. The Morgan fingerprint density at radius 3 is 2.50 bits per heavy atom. The summed E-state index contributed by atoms with van der Waals surface area (Å²) in [6.45, 7) is 2.88. The molecule has 3 aromatic rings. The molecule has 0 aliphatic heterocycles. The summed E-state index contributed by atoms with van der Waals surface area (Å²) in [5, 5.41) is 2.87. The minimum absolute atomic E-state index is 0.135. The van der Waals surface area contributed by atoms with E-state index in [1.807, 2.05) is 43.1 Å². The summed E-state index contributed by atoms with van der Waals surface area (Å²) >= 11 is 0. The van der Waals surface area contributed by atoms with Crippen LogP contribution in [0, 0.1) is 0 Å². The van der Waals surface area contributed by atoms with E-state index in [0.717, 1.165) is 11.5 Å². The Labute approximate surface area is 162 Å². The number of carbonyl (C=O) groups is 1. The van der Waals surface area contributed by atoms with E-state index in [1.165, 1.54) is 0 Å². The Kier molecular flexibility index (Phi) is 6.00. The van der Waals surface area contributed by atoms with Crippen LogP contribution < -0.4 is 20.5 Å². The lowest BCUT2D eigenvalue weighted by Gasteiger charge is -2.23. The maximum atomic E-state index is 12.5. The monoisotopic (exact) mass is 384 g/mol. The van der Waals surface area contributed by atoms with E-state index < -0.39 is 0 Å². The SMILES string of the molecule is COc1ccc(OCCN(C)C(C)C(=O)Nc2ccc3[nH]c(=O)[nH]c3c2)cc1. The number of aromatic amines is 2. The van der Waals surface area contributed by atoms with Gasteiger partial charge in [-0.2, -0.15) is 0 Å². The highest BCUT2D eigenvalue weighted by atomic mass is 16.5. The number of anilines is 1. The molecule has 2 aromatic carbocycles. The number of fused-ring (bicyclic) bond motifs is 1. The number of nitrogens with zero attached hydrogens (tertiary/aromatic N) is 1. The number of likely N-dealkylation sites (N-methyl/N-ethyl adjacent to an activating group) is 1. The van der Waals surface area contributed by atoms with Gasteiger partial charge in [-0.25, -0.2) is 4.79 Å². The molecule has 3 N–H and O–H groups in total. The molecule has 0 aliphatic rings. The van der Waals surface area contributed by atoms with Crippen LogP contribution in [0.2, 0.25) is 0 Å². The van der Waals surface area contributed by atoms with Crippen molar-refractivity contribution in [3.63, 3.8) is 0 Å². The third kappa shape index (κ3) is 4.72. The second-order valence-corrected chi connectivity index (χ2v) is 6.51. The molecule has 148 valence electrons. The van der Waals surface area contributed by atoms with Gasteiger partial charge in [-0.15, -0.1) is 0 Å². The second-order valence-electron chi connectivity index (χ2n) is 6.51. The lowest BCUT2D eigenvalue weighted by molar-refractivity contribution is -0.120. The van der Waals surface area contributed by atoms with Crippen molar-refractivity contribution in [3.05, 3.63) is 52.9 Å². The molecule has 28 heavy (non-hydrogen) atoms. The molecule has 1 heterocycles. The average molecular weight is 384 g/mol. The first-order valence-electron chi connectivity index (χ1n) is 8.96. The van der Waals surface area contributed by atoms with E-state index in [4.69, 9.17) is 9.47 Å². The number of nitrogens with one attached hydrogen (secondary N) is 3. The van der Waals surface area contributed by atoms with Crippen LogP contribution >= 0.6 is 0 Å². The van der Waals surface area contributed by atoms with Gasteiger partial charge in [-0.05, 0) is 56.4 Å². The van der Waals surface area contributed by atoms with Gasteiger partial charge in [0.05, 0.1) is 24.2 Å². The first kappa shape index (κ1) is 19.5. The van der Waals surface area contributed by atoms with Gasteiger partial charge in [-0.3, -0.25) is 9.69 Å². The number of hydrogen-bond acceptors (Lipinski definition) is 5. The minimum atomic E-state index is -0.347. The summed E-state index contributed by atoms with van der Waals surface area (Å²) < 4.78 is 10.8. The molecule has 1 aromatic heterocycles. The van der Waals surface area contributed by atoms with Crippen LogP contribution in [0.3, 0.4) is 0 Å². The van der Waals surface area contributed by atoms with Crippen LogP contribution in [0.15, 0.2) is 47.3 Å². The Balaban J connectivity index is 1.50. The molecular formula is C20H24N4O4. The zero-order valence-electron chi connectivity index (χ0n) is 16.1. The molecule has 8 nitrogen and oxygen atoms in total. The highest BCUT2D eigenvalue weighted by Crippen LogP contribution is 2.17. The summed E-state index contributed by atoms with van der Waals surface area (Å²) in [4.78, 5) is 31.1. The van der Waals surface area contributed by atoms with E-state index in [1.54, 1.807) is 25.3 Å². The lowest BCUT2D eigenvalue weighted by Crippen LogP contribution is -2.41. The largest absolute Gasteiger partial charge is 0.497 e. The van der Waals surface area contributed by atoms with Gasteiger partial charge >= 0.3 is 5.69 Å². The van der Waals surface area contributed by atoms with E-state index in [9.17, 15) is 9.59 Å². The standard InChI is InChI=1S/C20H24N4O4/c1-13(24(2)10-11-28-16-7-5-15(27-3)6-8-16)19(25)21-14-4-9-17-18(12-14)23-20(26)22-17/h4-9,12-13H,10-11H2,1-3H3,(H,21,25)(H2,22,23,26). The zero-order valence-corrected chi connectivity index (χ0v) is 16.1. The number of ether oxygens (including phenoxy) is 2. The van der Waals surface area contributed by atoms with E-state index in [0.29, 0.717) is 29.9 Å². The van der Waals surface area contributed by atoms with Crippen molar-refractivity contribution in [2.45, 2.75) is 13.0 Å². The van der Waals surface area contributed by atoms with Crippen molar-refractivity contribution in [2.24, 2.45) is 0 Å². The molecule has 1 amide bonds. The Morgan fingerprint density at radius 2 is 1.79 bits per heavy atom. The third-order valence-electron chi connectivity index (χ3n) is 4.60. The van der Waals surface area contributed by atoms with Crippen molar-refractivity contribution in [1.29, 1.82) is 0 Å². The first-order valence-corrected chi connectivity index (χ1v) is 8.96. The van der Waals surface area contributed by atoms with Crippen molar-refractivity contribution >= 4 is 22.6 Å². The molecule has 8 heteroatoms. The maximum Gasteiger partial charge on any atom is 0.323 e. The molecule has 0 aliphatic carbocycles. The second kappa shape index (κ2) is 8.62. The molecule has 0 fully saturated rings. The fourth-order valence-electron chi connectivity index (χ4n) is 2.73. The molecule has 0 spiro atoms. The van der Waals surface area contributed by atoms with Gasteiger partial charge < -0.3 is 24.8 Å². The van der Waals surface area contributed by atoms with Crippen molar-refractivity contribution in [3.8, 4) is 11.5 Å². The Morgan fingerprint density at radius 1 is 1.11 bits per heavy atom. The number of carbonyl (C=O) groups excluding carboxylic acids is 1. The number of hydrogen-bond donors (Lipinski definition) is 3. The Bertz CT molecular complexity index is 993. The number of amides is 1. The fourth-order valence-corrected chi connectivity index (χ4v) is 2.73. The van der Waals surface area contributed by atoms with E-state index in [2.05, 4.69) is 15.3 Å². The molecule has 0 bridgehead atoms. The number of imidazole rings is 1. The molecule has 1 unspecified atom stereocenters. The van der Waals surface area contributed by atoms with Crippen molar-refractivity contribution in [2.75, 3.05) is 32.6 Å². The summed E-state index contributed by atoms with van der Waals surface area (Å²) in [7, 11) is 3.49. The highest BCUT2D eigenvalue weighted by Gasteiger charge is 2.18. The smallest absolute Gasteiger partial charge is 0.323 e. The third-order valence-corrected chi connectivity index (χ3v) is 4.60. The summed E-state index contributed by atoms with van der Waals surface area (Å²) in [5.74, 6) is 1.39. The normalized spacial score (nSPS) is 12.1. The first-order chi connectivity index (χ1) is 13.5. The topological polar surface area (TPSA) is 99.4 Å². The summed E-state index contributed by atoms with van der Waals surface area (Å²) in [5.41, 5.74) is 1.70. The van der Waals surface area contributed by atoms with Gasteiger partial charge in [0, 0.05) is 12.2 Å². The Hall–Kier alpha value is -3.26. The van der Waals surface area contributed by atoms with E-state index >= 15 is 0 Å². The molecule has 0 saturated heterocycles. The average Bonchev–Trinajstić information content (AvgIpc) is 3.07. The highest BCUT2D eigenvalue weighted by molar-refractivity contribution is 5.96. The van der Waals surface area contributed by atoms with Crippen LogP contribution in [0.4, 0.5) is 5.69 Å². The fraction of sp³-hybridized carbons (Fsp3) is 0.300. The van der Waals surface area contributed by atoms with Gasteiger partial charge in [0.25, 0.3) is 0 Å². The molecular weight excluding hydrogens is 360 g/mol. The van der Waals surface area contributed by atoms with Gasteiger partial charge in [0.2, 0.25) is 5.91 Å². The molecule has 1 atom stereocenters. The van der Waals surface area contributed by atoms with Crippen LogP contribution in [0.5, 0.6) is 11.5 Å². The van der Waals surface area contributed by atoms with Gasteiger partial charge in [-0.1, -0.05) is 0 Å². The zero-order chi connectivity index (χ0) is 20.1. The number of rotatable bonds is 8. The number of H-pyrrole nitrogens is 2. The minimum Gasteiger partial charge on any atom is -0.497 e. The summed E-state index contributed by atoms with van der Waals surface area (Å²) in [6, 6.07) is 12.2. The number of benzene rings is 2.